The molecule has 0 fully saturated rings. The van der Waals surface area contributed by atoms with E-state index in [0.717, 1.165) is 24.1 Å². The van der Waals surface area contributed by atoms with Crippen LogP contribution in [0.15, 0.2) is 6.07 Å². The Labute approximate surface area is 87.2 Å². The summed E-state index contributed by atoms with van der Waals surface area (Å²) in [6, 6.07) is 1.67. The molecule has 0 bridgehead atoms. The molecule has 0 spiro atoms. The van der Waals surface area contributed by atoms with Crippen LogP contribution in [0.1, 0.15) is 18.9 Å². The zero-order valence-electron chi connectivity index (χ0n) is 7.27. The van der Waals surface area contributed by atoms with Gasteiger partial charge >= 0.3 is 0 Å². The number of hydrogen-bond donors (Lipinski definition) is 2. The molecule has 0 aliphatic rings. The van der Waals surface area contributed by atoms with Gasteiger partial charge in [-0.25, -0.2) is 4.98 Å². The average molecular weight is 220 g/mol. The zero-order chi connectivity index (χ0) is 9.84. The first kappa shape index (κ1) is 10.6. The molecule has 1 rings (SSSR count). The molecule has 3 nitrogen and oxygen atoms in total. The summed E-state index contributed by atoms with van der Waals surface area (Å²) in [4.78, 5) is 3.94. The Morgan fingerprint density at radius 1 is 1.54 bits per heavy atom. The van der Waals surface area contributed by atoms with Crippen LogP contribution in [0.4, 0.5) is 5.69 Å². The van der Waals surface area contributed by atoms with Gasteiger partial charge in [0, 0.05) is 11.6 Å². The lowest BCUT2D eigenvalue weighted by Crippen LogP contribution is -2.10. The number of nitrogens with zero attached hydrogens (tertiary/aromatic N) is 1. The van der Waals surface area contributed by atoms with E-state index in [1.54, 1.807) is 6.07 Å². The normalized spacial score (nSPS) is 10.2. The number of nitrogen functional groups attached to an aromatic ring is 1. The molecule has 72 valence electrons. The van der Waals surface area contributed by atoms with Crippen LogP contribution in [0.3, 0.4) is 0 Å². The molecule has 1 heterocycles. The van der Waals surface area contributed by atoms with Gasteiger partial charge in [0.1, 0.15) is 10.3 Å². The highest BCUT2D eigenvalue weighted by molar-refractivity contribution is 6.33. The zero-order valence-corrected chi connectivity index (χ0v) is 8.78. The van der Waals surface area contributed by atoms with Crippen molar-refractivity contribution in [2.75, 3.05) is 5.43 Å². The first-order valence-electron chi connectivity index (χ1n) is 4.00. The van der Waals surface area contributed by atoms with Gasteiger partial charge in [0.2, 0.25) is 0 Å². The summed E-state index contributed by atoms with van der Waals surface area (Å²) in [5, 5.41) is 0.764. The third-order valence-electron chi connectivity index (χ3n) is 1.70. The predicted octanol–water partition coefficient (Wildman–Crippen LogP) is 2.63. The first-order chi connectivity index (χ1) is 6.19. The van der Waals surface area contributed by atoms with E-state index in [1.165, 1.54) is 0 Å². The lowest BCUT2D eigenvalue weighted by Gasteiger charge is -2.09. The molecule has 0 atom stereocenters. The standard InChI is InChI=1S/C8H11Cl2N3/c1-2-3-5-6(13-11)4-7(9)12-8(5)10/h4H,2-3,11H2,1H3,(H,12,13). The highest BCUT2D eigenvalue weighted by atomic mass is 35.5. The van der Waals surface area contributed by atoms with Crippen LogP contribution in [0.5, 0.6) is 0 Å². The van der Waals surface area contributed by atoms with Crippen molar-refractivity contribution in [3.8, 4) is 0 Å². The number of hydrazine groups is 1. The van der Waals surface area contributed by atoms with Gasteiger partial charge in [0.25, 0.3) is 0 Å². The minimum absolute atomic E-state index is 0.345. The maximum absolute atomic E-state index is 5.90. The Morgan fingerprint density at radius 3 is 2.77 bits per heavy atom. The van der Waals surface area contributed by atoms with E-state index in [4.69, 9.17) is 29.0 Å². The van der Waals surface area contributed by atoms with Crippen molar-refractivity contribution in [1.29, 1.82) is 0 Å². The Bertz CT molecular complexity index is 302. The largest absolute Gasteiger partial charge is 0.324 e. The summed E-state index contributed by atoms with van der Waals surface area (Å²) in [5.41, 5.74) is 4.21. The summed E-state index contributed by atoms with van der Waals surface area (Å²) >= 11 is 11.6. The maximum Gasteiger partial charge on any atom is 0.136 e. The average Bonchev–Trinajstić information content (AvgIpc) is 2.09. The van der Waals surface area contributed by atoms with Gasteiger partial charge in [-0.1, -0.05) is 36.5 Å². The minimum atomic E-state index is 0.345. The summed E-state index contributed by atoms with van der Waals surface area (Å²) in [6.45, 7) is 2.06. The Morgan fingerprint density at radius 2 is 2.23 bits per heavy atom. The molecule has 1 aromatic heterocycles. The number of pyridine rings is 1. The van der Waals surface area contributed by atoms with E-state index >= 15 is 0 Å². The Hall–Kier alpha value is -0.510. The second kappa shape index (κ2) is 4.65. The first-order valence-corrected chi connectivity index (χ1v) is 4.76. The SMILES string of the molecule is CCCc1c(NN)cc(Cl)nc1Cl. The van der Waals surface area contributed by atoms with E-state index in [9.17, 15) is 0 Å². The van der Waals surface area contributed by atoms with E-state index in [-0.39, 0.29) is 0 Å². The maximum atomic E-state index is 5.90. The van der Waals surface area contributed by atoms with Gasteiger partial charge in [0.15, 0.2) is 0 Å². The predicted molar refractivity (Wildman–Crippen MR) is 56.1 cm³/mol. The third kappa shape index (κ3) is 2.46. The van der Waals surface area contributed by atoms with Crippen molar-refractivity contribution >= 4 is 28.9 Å². The summed E-state index contributed by atoms with van der Waals surface area (Å²) in [7, 11) is 0. The van der Waals surface area contributed by atoms with Gasteiger partial charge in [-0.3, -0.25) is 5.84 Å². The number of aromatic nitrogens is 1. The molecule has 0 amide bonds. The molecular weight excluding hydrogens is 209 g/mol. The molecular formula is C8H11Cl2N3. The van der Waals surface area contributed by atoms with Crippen LogP contribution in [-0.2, 0) is 6.42 Å². The highest BCUT2D eigenvalue weighted by Gasteiger charge is 2.08. The highest BCUT2D eigenvalue weighted by Crippen LogP contribution is 2.26. The van der Waals surface area contributed by atoms with Crippen LogP contribution < -0.4 is 11.3 Å². The molecule has 0 aliphatic carbocycles. The van der Waals surface area contributed by atoms with Crippen molar-refractivity contribution in [3.05, 3.63) is 21.9 Å². The number of anilines is 1. The van der Waals surface area contributed by atoms with Crippen molar-refractivity contribution in [1.82, 2.24) is 4.98 Å². The van der Waals surface area contributed by atoms with Crippen molar-refractivity contribution < 1.29 is 0 Å². The van der Waals surface area contributed by atoms with Gasteiger partial charge in [0.05, 0.1) is 5.69 Å². The van der Waals surface area contributed by atoms with Gasteiger partial charge < -0.3 is 5.43 Å². The molecule has 1 aromatic rings. The molecule has 0 aromatic carbocycles. The lowest BCUT2D eigenvalue weighted by molar-refractivity contribution is 0.914. The molecule has 13 heavy (non-hydrogen) atoms. The van der Waals surface area contributed by atoms with Crippen molar-refractivity contribution in [2.45, 2.75) is 19.8 Å². The molecule has 0 saturated heterocycles. The molecule has 0 aliphatic heterocycles. The topological polar surface area (TPSA) is 50.9 Å². The fraction of sp³-hybridized carbons (Fsp3) is 0.375. The molecule has 3 N–H and O–H groups in total. The Balaban J connectivity index is 3.13. The number of nitrogens with two attached hydrogens (primary N) is 1. The van der Waals surface area contributed by atoms with Gasteiger partial charge in [-0.15, -0.1) is 0 Å². The summed E-state index contributed by atoms with van der Waals surface area (Å²) in [6.07, 6.45) is 1.82. The van der Waals surface area contributed by atoms with E-state index in [1.807, 2.05) is 0 Å². The number of nitrogens with one attached hydrogen (secondary N) is 1. The van der Waals surface area contributed by atoms with Gasteiger partial charge in [-0.2, -0.15) is 0 Å². The fourth-order valence-corrected chi connectivity index (χ4v) is 1.65. The van der Waals surface area contributed by atoms with E-state index in [0.29, 0.717) is 10.3 Å². The van der Waals surface area contributed by atoms with Crippen molar-refractivity contribution in [3.63, 3.8) is 0 Å². The molecule has 0 unspecified atom stereocenters. The molecule has 5 heteroatoms. The van der Waals surface area contributed by atoms with Crippen LogP contribution in [-0.4, -0.2) is 4.98 Å². The Kier molecular flexibility index (Phi) is 3.78. The van der Waals surface area contributed by atoms with E-state index < -0.39 is 0 Å². The summed E-state index contributed by atoms with van der Waals surface area (Å²) < 4.78 is 0. The second-order valence-electron chi connectivity index (χ2n) is 2.66. The van der Waals surface area contributed by atoms with Crippen LogP contribution >= 0.6 is 23.2 Å². The van der Waals surface area contributed by atoms with Crippen LogP contribution in [0.25, 0.3) is 0 Å². The minimum Gasteiger partial charge on any atom is -0.324 e. The quantitative estimate of drug-likeness (QED) is 0.467. The van der Waals surface area contributed by atoms with Crippen molar-refractivity contribution in [2.24, 2.45) is 5.84 Å². The fourth-order valence-electron chi connectivity index (χ4n) is 1.13. The smallest absolute Gasteiger partial charge is 0.136 e. The second-order valence-corrected chi connectivity index (χ2v) is 3.40. The monoisotopic (exact) mass is 219 g/mol. The van der Waals surface area contributed by atoms with E-state index in [2.05, 4.69) is 17.3 Å². The van der Waals surface area contributed by atoms with Crippen LogP contribution in [0, 0.1) is 0 Å². The lowest BCUT2D eigenvalue weighted by atomic mass is 10.1. The summed E-state index contributed by atoms with van der Waals surface area (Å²) in [5.74, 6) is 5.32. The van der Waals surface area contributed by atoms with Crippen LogP contribution in [0.2, 0.25) is 10.3 Å². The number of hydrogen-bond acceptors (Lipinski definition) is 3. The number of rotatable bonds is 3. The number of halogens is 2. The molecule has 0 radical (unpaired) electrons. The molecule has 0 saturated carbocycles. The van der Waals surface area contributed by atoms with Gasteiger partial charge in [-0.05, 0) is 6.42 Å². The third-order valence-corrected chi connectivity index (χ3v) is 2.20.